The van der Waals surface area contributed by atoms with Crippen LogP contribution in [0, 0.1) is 28.6 Å². The van der Waals surface area contributed by atoms with Gasteiger partial charge in [0.05, 0.1) is 12.2 Å². The van der Waals surface area contributed by atoms with Crippen LogP contribution in [0.4, 0.5) is 0 Å². The quantitative estimate of drug-likeness (QED) is 0.561. The summed E-state index contributed by atoms with van der Waals surface area (Å²) in [6, 6.07) is 0. The molecule has 0 unspecified atom stereocenters. The fourth-order valence-electron chi connectivity index (χ4n) is 7.02. The molecule has 3 aliphatic rings. The Morgan fingerprint density at radius 1 is 1.13 bits per heavy atom. The largest absolute Gasteiger partial charge is 0.388 e. The zero-order valence-electron chi connectivity index (χ0n) is 19.6. The zero-order valence-corrected chi connectivity index (χ0v) is 19.6. The fourth-order valence-corrected chi connectivity index (χ4v) is 7.02. The van der Waals surface area contributed by atoms with Crippen molar-refractivity contribution in [3.63, 3.8) is 0 Å². The smallest absolute Gasteiger partial charge is 0.187 e. The van der Waals surface area contributed by atoms with E-state index in [4.69, 9.17) is 9.47 Å². The van der Waals surface area contributed by atoms with E-state index in [9.17, 15) is 15.3 Å². The summed E-state index contributed by atoms with van der Waals surface area (Å²) in [5.41, 5.74) is 0.0875. The summed E-state index contributed by atoms with van der Waals surface area (Å²) in [7, 11) is 0. The van der Waals surface area contributed by atoms with Crippen molar-refractivity contribution in [2.45, 2.75) is 110 Å². The van der Waals surface area contributed by atoms with Gasteiger partial charge in [0.1, 0.15) is 18.3 Å². The number of hydrogen-bond acceptors (Lipinski definition) is 5. The Bertz CT molecular complexity index is 606. The Kier molecular flexibility index (Phi) is 7.11. The van der Waals surface area contributed by atoms with Gasteiger partial charge < -0.3 is 24.8 Å². The predicted octanol–water partition coefficient (Wildman–Crippen LogP) is 4.05. The molecule has 2 aliphatic carbocycles. The molecule has 3 rings (SSSR count). The lowest BCUT2D eigenvalue weighted by atomic mass is 9.46. The molecule has 0 amide bonds. The second-order valence-corrected chi connectivity index (χ2v) is 11.5. The molecule has 0 aromatic heterocycles. The lowest BCUT2D eigenvalue weighted by Gasteiger charge is -2.59. The Morgan fingerprint density at radius 3 is 2.50 bits per heavy atom. The van der Waals surface area contributed by atoms with Crippen LogP contribution in [0.15, 0.2) is 12.7 Å². The highest BCUT2D eigenvalue weighted by atomic mass is 16.7. The zero-order chi connectivity index (χ0) is 22.3. The fraction of sp³-hybridized carbons (Fsp3) is 0.920. The molecule has 9 atom stereocenters. The molecule has 1 saturated heterocycles. The van der Waals surface area contributed by atoms with Gasteiger partial charge in [0, 0.05) is 0 Å². The molecule has 3 N–H and O–H groups in total. The van der Waals surface area contributed by atoms with Crippen LogP contribution in [0.5, 0.6) is 0 Å². The summed E-state index contributed by atoms with van der Waals surface area (Å²) in [5.74, 6) is 2.07. The molecule has 2 saturated carbocycles. The molecule has 0 aromatic carbocycles. The van der Waals surface area contributed by atoms with Gasteiger partial charge in [-0.2, -0.15) is 0 Å². The molecule has 0 bridgehead atoms. The van der Waals surface area contributed by atoms with Crippen molar-refractivity contribution in [1.82, 2.24) is 0 Å². The lowest BCUT2D eigenvalue weighted by molar-refractivity contribution is -0.293. The molecule has 5 heteroatoms. The van der Waals surface area contributed by atoms with E-state index in [1.54, 1.807) is 6.08 Å². The summed E-state index contributed by atoms with van der Waals surface area (Å²) in [6.07, 6.45) is 5.58. The molecule has 3 fully saturated rings. The predicted molar refractivity (Wildman–Crippen MR) is 118 cm³/mol. The van der Waals surface area contributed by atoms with Crippen LogP contribution < -0.4 is 0 Å². The first-order chi connectivity index (χ1) is 13.9. The third kappa shape index (κ3) is 4.52. The minimum absolute atomic E-state index is 0.0510. The maximum absolute atomic E-state index is 10.3. The van der Waals surface area contributed by atoms with E-state index in [2.05, 4.69) is 34.3 Å². The van der Waals surface area contributed by atoms with E-state index in [0.717, 1.165) is 18.8 Å². The van der Waals surface area contributed by atoms with Crippen LogP contribution in [0.1, 0.15) is 79.6 Å². The molecule has 1 heterocycles. The van der Waals surface area contributed by atoms with Crippen LogP contribution >= 0.6 is 0 Å². The van der Waals surface area contributed by atoms with Crippen LogP contribution in [0.25, 0.3) is 0 Å². The Hall–Kier alpha value is -0.460. The average molecular weight is 425 g/mol. The first kappa shape index (κ1) is 24.2. The number of aliphatic hydroxyl groups excluding tert-OH is 3. The molecular formula is C25H44O5. The van der Waals surface area contributed by atoms with Crippen molar-refractivity contribution in [1.29, 1.82) is 0 Å². The van der Waals surface area contributed by atoms with Gasteiger partial charge >= 0.3 is 0 Å². The van der Waals surface area contributed by atoms with Gasteiger partial charge in [-0.1, -0.05) is 46.6 Å². The van der Waals surface area contributed by atoms with Crippen LogP contribution in [0.3, 0.4) is 0 Å². The first-order valence-electron chi connectivity index (χ1n) is 11.9. The average Bonchev–Trinajstić information content (AvgIpc) is 2.67. The highest BCUT2D eigenvalue weighted by Gasteiger charge is 2.53. The van der Waals surface area contributed by atoms with Crippen molar-refractivity contribution < 1.29 is 24.8 Å². The molecule has 5 nitrogen and oxygen atoms in total. The topological polar surface area (TPSA) is 79.2 Å². The molecule has 174 valence electrons. The summed E-state index contributed by atoms with van der Waals surface area (Å²) < 4.78 is 11.6. The number of ether oxygens (including phenoxy) is 2. The molecule has 0 radical (unpaired) electrons. The standard InChI is InChI=1S/C25H44O5/c1-7-24(5,30-22-21(28)20(27)18(26)15-29-22)14-11-17-16(2)9-10-19-23(3,4)12-8-13-25(17,19)6/h7,16-22,26-28H,1,8-15H2,2-6H3/t16-,17+,18+,19+,20-,21+,22-,24+,25-/m0/s1. The number of aliphatic hydroxyl groups is 3. The van der Waals surface area contributed by atoms with Crippen LogP contribution in [-0.4, -0.2) is 52.1 Å². The van der Waals surface area contributed by atoms with Gasteiger partial charge in [-0.3, -0.25) is 0 Å². The minimum atomic E-state index is -1.28. The van der Waals surface area contributed by atoms with Crippen LogP contribution in [0.2, 0.25) is 0 Å². The van der Waals surface area contributed by atoms with Gasteiger partial charge in [-0.25, -0.2) is 0 Å². The summed E-state index contributed by atoms with van der Waals surface area (Å²) in [6.45, 7) is 15.8. The third-order valence-electron chi connectivity index (χ3n) is 8.94. The molecule has 1 aliphatic heterocycles. The maximum atomic E-state index is 10.3. The van der Waals surface area contributed by atoms with Crippen molar-refractivity contribution in [3.8, 4) is 0 Å². The highest BCUT2D eigenvalue weighted by Crippen LogP contribution is 2.62. The highest BCUT2D eigenvalue weighted by molar-refractivity contribution is 5.04. The van der Waals surface area contributed by atoms with E-state index in [-0.39, 0.29) is 6.61 Å². The van der Waals surface area contributed by atoms with Gasteiger partial charge in [0.2, 0.25) is 0 Å². The van der Waals surface area contributed by atoms with Gasteiger partial charge in [0.15, 0.2) is 6.29 Å². The maximum Gasteiger partial charge on any atom is 0.187 e. The van der Waals surface area contributed by atoms with Gasteiger partial charge in [-0.15, -0.1) is 6.58 Å². The van der Waals surface area contributed by atoms with E-state index in [0.29, 0.717) is 22.7 Å². The summed E-state index contributed by atoms with van der Waals surface area (Å²) in [4.78, 5) is 0. The summed E-state index contributed by atoms with van der Waals surface area (Å²) in [5, 5.41) is 30.0. The minimum Gasteiger partial charge on any atom is -0.388 e. The van der Waals surface area contributed by atoms with E-state index in [1.807, 2.05) is 6.92 Å². The van der Waals surface area contributed by atoms with Crippen molar-refractivity contribution >= 4 is 0 Å². The van der Waals surface area contributed by atoms with Gasteiger partial charge in [-0.05, 0) is 67.6 Å². The summed E-state index contributed by atoms with van der Waals surface area (Å²) >= 11 is 0. The molecule has 0 aromatic rings. The Labute approximate surface area is 182 Å². The van der Waals surface area contributed by atoms with Crippen molar-refractivity contribution in [2.75, 3.05) is 6.61 Å². The molecule has 0 spiro atoms. The van der Waals surface area contributed by atoms with Crippen LogP contribution in [-0.2, 0) is 9.47 Å². The number of hydrogen-bond donors (Lipinski definition) is 3. The lowest BCUT2D eigenvalue weighted by Crippen LogP contribution is -2.55. The monoisotopic (exact) mass is 424 g/mol. The van der Waals surface area contributed by atoms with Crippen molar-refractivity contribution in [3.05, 3.63) is 12.7 Å². The second-order valence-electron chi connectivity index (χ2n) is 11.5. The van der Waals surface area contributed by atoms with E-state index >= 15 is 0 Å². The van der Waals surface area contributed by atoms with E-state index < -0.39 is 30.2 Å². The molecule has 30 heavy (non-hydrogen) atoms. The van der Waals surface area contributed by atoms with Gasteiger partial charge in [0.25, 0.3) is 0 Å². The Balaban J connectivity index is 1.70. The first-order valence-corrected chi connectivity index (χ1v) is 11.9. The van der Waals surface area contributed by atoms with E-state index in [1.165, 1.54) is 32.1 Å². The number of fused-ring (bicyclic) bond motifs is 1. The van der Waals surface area contributed by atoms with Crippen molar-refractivity contribution in [2.24, 2.45) is 28.6 Å². The third-order valence-corrected chi connectivity index (χ3v) is 8.94. The Morgan fingerprint density at radius 2 is 1.83 bits per heavy atom. The normalized spacial score (nSPS) is 45.9. The second kappa shape index (κ2) is 8.82. The SMILES string of the molecule is C=C[C@](C)(CC[C@@H]1[C@@H](C)CC[C@@H]2C(C)(C)CCC[C@@]12C)O[C@@H]1OC[C@@H](O)[C@H](O)[C@H]1O. The number of rotatable bonds is 6. The molecular weight excluding hydrogens is 380 g/mol.